The third-order valence-corrected chi connectivity index (χ3v) is 3.42. The molecule has 2 amide bonds. The molecular weight excluding hydrogens is 392 g/mol. The van der Waals surface area contributed by atoms with Crippen molar-refractivity contribution in [1.29, 1.82) is 0 Å². The lowest BCUT2D eigenvalue weighted by molar-refractivity contribution is 0.0931. The Labute approximate surface area is 174 Å². The maximum Gasteiger partial charge on any atom is 0.273 e. The Hall–Kier alpha value is -3.37. The minimum absolute atomic E-state index is 0.0565. The number of carbonyl (C=O) groups is 2. The number of rotatable bonds is 9. The Morgan fingerprint density at radius 1 is 1.03 bits per heavy atom. The fourth-order valence-corrected chi connectivity index (χ4v) is 1.89. The summed E-state index contributed by atoms with van der Waals surface area (Å²) in [5, 5.41) is 15.9. The van der Waals surface area contributed by atoms with Crippen LogP contribution in [0.3, 0.4) is 0 Å². The molecule has 12 nitrogen and oxygen atoms in total. The zero-order chi connectivity index (χ0) is 22.5. The Morgan fingerprint density at radius 2 is 1.50 bits per heavy atom. The molecule has 30 heavy (non-hydrogen) atoms. The lowest BCUT2D eigenvalue weighted by Crippen LogP contribution is -2.27. The summed E-state index contributed by atoms with van der Waals surface area (Å²) in [6, 6.07) is 3.01. The average molecular weight is 420 g/mol. The SMILES string of the molecule is CC(C)CNC(=O)c1cc(CN)on1.CC(C)CNC(=O)c1cc(CN=[N+]=[N-])on1. The van der Waals surface area contributed by atoms with Gasteiger partial charge in [-0.1, -0.05) is 43.1 Å². The van der Waals surface area contributed by atoms with Gasteiger partial charge in [0.05, 0.1) is 13.1 Å². The van der Waals surface area contributed by atoms with Crippen LogP contribution in [0.2, 0.25) is 0 Å². The number of nitrogens with two attached hydrogens (primary N) is 1. The van der Waals surface area contributed by atoms with Gasteiger partial charge in [0.25, 0.3) is 11.8 Å². The molecule has 0 saturated heterocycles. The average Bonchev–Trinajstić information content (AvgIpc) is 3.38. The van der Waals surface area contributed by atoms with Gasteiger partial charge >= 0.3 is 0 Å². The first-order valence-corrected chi connectivity index (χ1v) is 9.45. The van der Waals surface area contributed by atoms with Gasteiger partial charge < -0.3 is 25.4 Å². The summed E-state index contributed by atoms with van der Waals surface area (Å²) in [4.78, 5) is 25.5. The first-order chi connectivity index (χ1) is 14.3. The summed E-state index contributed by atoms with van der Waals surface area (Å²) in [6.45, 7) is 9.56. The smallest absolute Gasteiger partial charge is 0.273 e. The van der Waals surface area contributed by atoms with Crippen LogP contribution in [0.4, 0.5) is 0 Å². The second-order valence-electron chi connectivity index (χ2n) is 7.16. The van der Waals surface area contributed by atoms with E-state index in [1.165, 1.54) is 6.07 Å². The molecule has 12 heteroatoms. The summed E-state index contributed by atoms with van der Waals surface area (Å²) < 4.78 is 9.62. The molecule has 0 aliphatic rings. The molecule has 0 unspecified atom stereocenters. The molecular formula is C18H28N8O4. The molecule has 2 rings (SSSR count). The third-order valence-electron chi connectivity index (χ3n) is 3.42. The summed E-state index contributed by atoms with van der Waals surface area (Å²) in [5.74, 6) is 1.16. The molecule has 2 aromatic heterocycles. The molecule has 0 spiro atoms. The molecule has 0 bridgehead atoms. The highest BCUT2D eigenvalue weighted by Crippen LogP contribution is 2.05. The molecule has 0 radical (unpaired) electrons. The van der Waals surface area contributed by atoms with Gasteiger partial charge in [-0.25, -0.2) is 0 Å². The van der Waals surface area contributed by atoms with Gasteiger partial charge in [0.1, 0.15) is 5.76 Å². The van der Waals surface area contributed by atoms with Crippen molar-refractivity contribution < 1.29 is 18.6 Å². The predicted octanol–water partition coefficient (Wildman–Crippen LogP) is 2.39. The lowest BCUT2D eigenvalue weighted by atomic mass is 10.2. The Morgan fingerprint density at radius 3 is 1.90 bits per heavy atom. The molecule has 2 aromatic rings. The van der Waals surface area contributed by atoms with E-state index in [4.69, 9.17) is 20.3 Å². The maximum atomic E-state index is 11.5. The summed E-state index contributed by atoms with van der Waals surface area (Å²) in [6.07, 6.45) is 0. The van der Waals surface area contributed by atoms with Crippen molar-refractivity contribution in [3.63, 3.8) is 0 Å². The van der Waals surface area contributed by atoms with E-state index >= 15 is 0 Å². The number of nitrogens with one attached hydrogen (secondary N) is 2. The van der Waals surface area contributed by atoms with Crippen molar-refractivity contribution in [3.8, 4) is 0 Å². The molecule has 164 valence electrons. The van der Waals surface area contributed by atoms with E-state index in [-0.39, 0.29) is 36.3 Å². The first kappa shape index (κ1) is 24.7. The van der Waals surface area contributed by atoms with Crippen LogP contribution in [0.15, 0.2) is 26.3 Å². The van der Waals surface area contributed by atoms with Crippen molar-refractivity contribution >= 4 is 11.8 Å². The zero-order valence-corrected chi connectivity index (χ0v) is 17.6. The number of amides is 2. The standard InChI is InChI=1S/C9H13N5O2.C9H15N3O2/c1-6(2)4-11-9(15)8-3-7(16-13-8)5-12-14-10;1-6(2)5-11-9(13)8-3-7(4-10)14-12-8/h3,6H,4-5H2,1-2H3,(H,11,15);3,6H,4-5,10H2,1-2H3,(H,11,13). The van der Waals surface area contributed by atoms with Crippen molar-refractivity contribution in [3.05, 3.63) is 45.5 Å². The van der Waals surface area contributed by atoms with Crippen LogP contribution in [-0.4, -0.2) is 35.2 Å². The van der Waals surface area contributed by atoms with Crippen LogP contribution in [0.5, 0.6) is 0 Å². The Balaban J connectivity index is 0.000000303. The largest absolute Gasteiger partial charge is 0.360 e. The number of hydrogen-bond donors (Lipinski definition) is 3. The molecule has 0 aliphatic heterocycles. The summed E-state index contributed by atoms with van der Waals surface area (Å²) in [7, 11) is 0. The van der Waals surface area contributed by atoms with Gasteiger partial charge in [-0.05, 0) is 17.4 Å². The van der Waals surface area contributed by atoms with E-state index in [0.717, 1.165) is 0 Å². The third kappa shape index (κ3) is 9.22. The lowest BCUT2D eigenvalue weighted by Gasteiger charge is -2.04. The van der Waals surface area contributed by atoms with Gasteiger partial charge in [-0.15, -0.1) is 0 Å². The molecule has 0 fully saturated rings. The van der Waals surface area contributed by atoms with Gasteiger partial charge in [-0.3, -0.25) is 9.59 Å². The van der Waals surface area contributed by atoms with E-state index in [2.05, 4.69) is 31.0 Å². The molecule has 4 N–H and O–H groups in total. The minimum Gasteiger partial charge on any atom is -0.360 e. The summed E-state index contributed by atoms with van der Waals surface area (Å²) >= 11 is 0. The number of azide groups is 1. The molecule has 0 saturated carbocycles. The number of nitrogens with zero attached hydrogens (tertiary/aromatic N) is 5. The van der Waals surface area contributed by atoms with Crippen molar-refractivity contribution in [2.45, 2.75) is 40.8 Å². The highest BCUT2D eigenvalue weighted by atomic mass is 16.5. The van der Waals surface area contributed by atoms with E-state index in [1.54, 1.807) is 6.07 Å². The van der Waals surface area contributed by atoms with Crippen molar-refractivity contribution in [2.24, 2.45) is 22.7 Å². The Kier molecular flexibility index (Phi) is 10.7. The topological polar surface area (TPSA) is 185 Å². The van der Waals surface area contributed by atoms with E-state index in [1.807, 2.05) is 27.7 Å². The van der Waals surface area contributed by atoms with Crippen LogP contribution in [0, 0.1) is 11.8 Å². The maximum absolute atomic E-state index is 11.5. The normalized spacial score (nSPS) is 10.2. The van der Waals surface area contributed by atoms with Crippen LogP contribution in [0.25, 0.3) is 10.4 Å². The van der Waals surface area contributed by atoms with Crippen LogP contribution in [-0.2, 0) is 13.1 Å². The number of aromatic nitrogens is 2. The van der Waals surface area contributed by atoms with E-state index in [9.17, 15) is 9.59 Å². The monoisotopic (exact) mass is 420 g/mol. The first-order valence-electron chi connectivity index (χ1n) is 9.45. The minimum atomic E-state index is -0.287. The van der Waals surface area contributed by atoms with E-state index < -0.39 is 0 Å². The van der Waals surface area contributed by atoms with Gasteiger partial charge in [0.15, 0.2) is 17.1 Å². The zero-order valence-electron chi connectivity index (χ0n) is 17.6. The molecule has 2 heterocycles. The van der Waals surface area contributed by atoms with E-state index in [0.29, 0.717) is 36.4 Å². The second kappa shape index (κ2) is 13.0. The predicted molar refractivity (Wildman–Crippen MR) is 108 cm³/mol. The molecule has 0 aliphatic carbocycles. The van der Waals surface area contributed by atoms with Gasteiger partial charge in [0.2, 0.25) is 0 Å². The summed E-state index contributed by atoms with van der Waals surface area (Å²) in [5.41, 5.74) is 13.9. The molecule has 0 aromatic carbocycles. The fourth-order valence-electron chi connectivity index (χ4n) is 1.89. The number of carbonyl (C=O) groups excluding carboxylic acids is 2. The van der Waals surface area contributed by atoms with Crippen LogP contribution in [0.1, 0.15) is 60.2 Å². The van der Waals surface area contributed by atoms with Gasteiger partial charge in [-0.2, -0.15) is 0 Å². The second-order valence-corrected chi connectivity index (χ2v) is 7.16. The fraction of sp³-hybridized carbons (Fsp3) is 0.556. The molecule has 0 atom stereocenters. The highest BCUT2D eigenvalue weighted by Gasteiger charge is 2.12. The highest BCUT2D eigenvalue weighted by molar-refractivity contribution is 5.92. The Bertz CT molecular complexity index is 852. The van der Waals surface area contributed by atoms with Crippen LogP contribution < -0.4 is 16.4 Å². The quantitative estimate of drug-likeness (QED) is 0.315. The van der Waals surface area contributed by atoms with Gasteiger partial charge in [0, 0.05) is 30.1 Å². The van der Waals surface area contributed by atoms with Crippen molar-refractivity contribution in [1.82, 2.24) is 20.9 Å². The van der Waals surface area contributed by atoms with Crippen LogP contribution >= 0.6 is 0 Å². The van der Waals surface area contributed by atoms with Crippen molar-refractivity contribution in [2.75, 3.05) is 13.1 Å². The number of hydrogen-bond acceptors (Lipinski definition) is 8.